The van der Waals surface area contributed by atoms with E-state index < -0.39 is 0 Å². The fourth-order valence-electron chi connectivity index (χ4n) is 1.61. The zero-order valence-corrected chi connectivity index (χ0v) is 9.94. The maximum atomic E-state index is 13.1. The summed E-state index contributed by atoms with van der Waals surface area (Å²) in [5, 5.41) is 0. The number of carbonyl (C=O) groups excluding carboxylic acids is 1. The summed E-state index contributed by atoms with van der Waals surface area (Å²) in [4.78, 5) is 18.2. The first-order valence-corrected chi connectivity index (χ1v) is 5.55. The van der Waals surface area contributed by atoms with Crippen LogP contribution in [0.2, 0.25) is 0 Å². The summed E-state index contributed by atoms with van der Waals surface area (Å²) in [5.74, 6) is 0.108. The number of halogens is 1. The molecule has 18 heavy (non-hydrogen) atoms. The van der Waals surface area contributed by atoms with Crippen molar-refractivity contribution in [1.82, 2.24) is 9.97 Å². The molecule has 0 spiro atoms. The van der Waals surface area contributed by atoms with Crippen LogP contribution in [0.1, 0.15) is 12.2 Å². The lowest BCUT2D eigenvalue weighted by molar-refractivity contribution is -0.140. The van der Waals surface area contributed by atoms with E-state index in [0.717, 1.165) is 11.3 Å². The molecule has 2 rings (SSSR count). The second-order valence-electron chi connectivity index (χ2n) is 3.83. The van der Waals surface area contributed by atoms with Gasteiger partial charge in [-0.1, -0.05) is 12.1 Å². The molecular weight excluding hydrogens is 235 g/mol. The number of nitrogens with zero attached hydrogens (tertiary/aromatic N) is 1. The molecule has 2 aromatic rings. The van der Waals surface area contributed by atoms with Gasteiger partial charge in [-0.05, 0) is 12.1 Å². The quantitative estimate of drug-likeness (QED) is 0.845. The molecular formula is C13H13FN2O2. The molecule has 0 radical (unpaired) electrons. The topological polar surface area (TPSA) is 55.0 Å². The van der Waals surface area contributed by atoms with Crippen LogP contribution in [-0.4, -0.2) is 23.0 Å². The number of nitrogens with one attached hydrogen (secondary N) is 1. The lowest BCUT2D eigenvalue weighted by atomic mass is 10.2. The normalized spacial score (nSPS) is 10.3. The maximum absolute atomic E-state index is 13.1. The lowest BCUT2D eigenvalue weighted by Crippen LogP contribution is -2.02. The summed E-state index contributed by atoms with van der Waals surface area (Å²) >= 11 is 0. The molecule has 0 aliphatic heterocycles. The van der Waals surface area contributed by atoms with Crippen LogP contribution < -0.4 is 0 Å². The van der Waals surface area contributed by atoms with E-state index in [0.29, 0.717) is 12.2 Å². The molecule has 0 saturated carbocycles. The Hall–Kier alpha value is -2.17. The van der Waals surface area contributed by atoms with E-state index in [4.69, 9.17) is 0 Å². The highest BCUT2D eigenvalue weighted by Gasteiger charge is 2.06. The Morgan fingerprint density at radius 1 is 1.50 bits per heavy atom. The van der Waals surface area contributed by atoms with Crippen molar-refractivity contribution in [2.24, 2.45) is 0 Å². The Kier molecular flexibility index (Phi) is 3.72. The van der Waals surface area contributed by atoms with Gasteiger partial charge in [0.05, 0.1) is 25.4 Å². The van der Waals surface area contributed by atoms with Crippen LogP contribution in [0.4, 0.5) is 4.39 Å². The van der Waals surface area contributed by atoms with E-state index >= 15 is 0 Å². The highest BCUT2D eigenvalue weighted by molar-refractivity contribution is 5.69. The van der Waals surface area contributed by atoms with Gasteiger partial charge in [0.1, 0.15) is 11.6 Å². The van der Waals surface area contributed by atoms with Crippen LogP contribution in [0.3, 0.4) is 0 Å². The SMILES string of the molecule is COC(=O)CCc1ncc(-c2cccc(F)c2)[nH]1. The van der Waals surface area contributed by atoms with Gasteiger partial charge in [-0.25, -0.2) is 9.37 Å². The molecule has 0 fully saturated rings. The number of H-pyrrole nitrogens is 1. The van der Waals surface area contributed by atoms with Gasteiger partial charge in [-0.15, -0.1) is 0 Å². The number of carbonyl (C=O) groups is 1. The number of ether oxygens (including phenoxy) is 1. The van der Waals surface area contributed by atoms with E-state index in [9.17, 15) is 9.18 Å². The van der Waals surface area contributed by atoms with Crippen LogP contribution in [-0.2, 0) is 16.0 Å². The Bertz CT molecular complexity index is 551. The summed E-state index contributed by atoms with van der Waals surface area (Å²) in [6, 6.07) is 6.25. The van der Waals surface area contributed by atoms with Gasteiger partial charge in [-0.3, -0.25) is 4.79 Å². The first-order chi connectivity index (χ1) is 8.69. The maximum Gasteiger partial charge on any atom is 0.305 e. The molecule has 1 N–H and O–H groups in total. The standard InChI is InChI=1S/C13H13FN2O2/c1-18-13(17)6-5-12-15-8-11(16-12)9-3-2-4-10(14)7-9/h2-4,7-8H,5-6H2,1H3,(H,15,16). The molecule has 0 atom stereocenters. The number of aromatic amines is 1. The average Bonchev–Trinajstić information content (AvgIpc) is 2.84. The third-order valence-corrected chi connectivity index (χ3v) is 2.56. The first kappa shape index (κ1) is 12.3. The van der Waals surface area contributed by atoms with Crippen molar-refractivity contribution < 1.29 is 13.9 Å². The van der Waals surface area contributed by atoms with E-state index in [1.165, 1.54) is 19.2 Å². The van der Waals surface area contributed by atoms with E-state index in [2.05, 4.69) is 14.7 Å². The third kappa shape index (κ3) is 2.94. The summed E-state index contributed by atoms with van der Waals surface area (Å²) in [5.41, 5.74) is 1.46. The minimum absolute atomic E-state index is 0.270. The zero-order chi connectivity index (χ0) is 13.0. The molecule has 0 unspecified atom stereocenters. The Balaban J connectivity index is 2.08. The molecule has 1 aromatic carbocycles. The number of hydrogen-bond acceptors (Lipinski definition) is 3. The molecule has 0 saturated heterocycles. The highest BCUT2D eigenvalue weighted by atomic mass is 19.1. The largest absolute Gasteiger partial charge is 0.469 e. The van der Waals surface area contributed by atoms with Crippen molar-refractivity contribution in [2.75, 3.05) is 7.11 Å². The third-order valence-electron chi connectivity index (χ3n) is 2.56. The Morgan fingerprint density at radius 3 is 3.06 bits per heavy atom. The van der Waals surface area contributed by atoms with Gasteiger partial charge in [0, 0.05) is 12.0 Å². The summed E-state index contributed by atoms with van der Waals surface area (Å²) in [7, 11) is 1.35. The molecule has 1 heterocycles. The van der Waals surface area contributed by atoms with Crippen molar-refractivity contribution in [1.29, 1.82) is 0 Å². The number of imidazole rings is 1. The second kappa shape index (κ2) is 5.44. The van der Waals surface area contributed by atoms with Crippen LogP contribution in [0.15, 0.2) is 30.5 Å². The van der Waals surface area contributed by atoms with Crippen molar-refractivity contribution in [3.05, 3.63) is 42.1 Å². The fraction of sp³-hybridized carbons (Fsp3) is 0.231. The number of benzene rings is 1. The number of rotatable bonds is 4. The average molecular weight is 248 g/mol. The van der Waals surface area contributed by atoms with Crippen molar-refractivity contribution in [3.63, 3.8) is 0 Å². The first-order valence-electron chi connectivity index (χ1n) is 5.55. The van der Waals surface area contributed by atoms with Gasteiger partial charge < -0.3 is 9.72 Å². The van der Waals surface area contributed by atoms with Gasteiger partial charge in [0.25, 0.3) is 0 Å². The summed E-state index contributed by atoms with van der Waals surface area (Å²) < 4.78 is 17.6. The highest BCUT2D eigenvalue weighted by Crippen LogP contribution is 2.18. The summed E-state index contributed by atoms with van der Waals surface area (Å²) in [6.07, 6.45) is 2.37. The summed E-state index contributed by atoms with van der Waals surface area (Å²) in [6.45, 7) is 0. The number of hydrogen-bond donors (Lipinski definition) is 1. The Morgan fingerprint density at radius 2 is 2.33 bits per heavy atom. The zero-order valence-electron chi connectivity index (χ0n) is 9.94. The molecule has 1 aromatic heterocycles. The predicted molar refractivity (Wildman–Crippen MR) is 64.3 cm³/mol. The molecule has 4 nitrogen and oxygen atoms in total. The van der Waals surface area contributed by atoms with Gasteiger partial charge >= 0.3 is 5.97 Å². The molecule has 0 aliphatic rings. The number of aromatic nitrogens is 2. The molecule has 5 heteroatoms. The monoisotopic (exact) mass is 248 g/mol. The smallest absolute Gasteiger partial charge is 0.305 e. The number of methoxy groups -OCH3 is 1. The fourth-order valence-corrected chi connectivity index (χ4v) is 1.61. The van der Waals surface area contributed by atoms with Crippen LogP contribution in [0.25, 0.3) is 11.3 Å². The predicted octanol–water partition coefficient (Wildman–Crippen LogP) is 2.32. The minimum atomic E-state index is -0.293. The number of esters is 1. The van der Waals surface area contributed by atoms with Crippen molar-refractivity contribution in [2.45, 2.75) is 12.8 Å². The van der Waals surface area contributed by atoms with Crippen LogP contribution in [0.5, 0.6) is 0 Å². The van der Waals surface area contributed by atoms with Crippen LogP contribution >= 0.6 is 0 Å². The second-order valence-corrected chi connectivity index (χ2v) is 3.83. The van der Waals surface area contributed by atoms with Gasteiger partial charge in [-0.2, -0.15) is 0 Å². The van der Waals surface area contributed by atoms with E-state index in [1.54, 1.807) is 18.3 Å². The molecule has 94 valence electrons. The lowest BCUT2D eigenvalue weighted by Gasteiger charge is -1.98. The van der Waals surface area contributed by atoms with Gasteiger partial charge in [0.15, 0.2) is 0 Å². The number of aryl methyl sites for hydroxylation is 1. The molecule has 0 bridgehead atoms. The van der Waals surface area contributed by atoms with E-state index in [1.807, 2.05) is 0 Å². The van der Waals surface area contributed by atoms with E-state index in [-0.39, 0.29) is 18.2 Å². The van der Waals surface area contributed by atoms with Crippen molar-refractivity contribution >= 4 is 5.97 Å². The molecule has 0 aliphatic carbocycles. The Labute approximate surface area is 104 Å². The van der Waals surface area contributed by atoms with Crippen molar-refractivity contribution in [3.8, 4) is 11.3 Å². The van der Waals surface area contributed by atoms with Crippen LogP contribution in [0, 0.1) is 5.82 Å². The minimum Gasteiger partial charge on any atom is -0.469 e. The van der Waals surface area contributed by atoms with Gasteiger partial charge in [0.2, 0.25) is 0 Å². The molecule has 0 amide bonds.